The zero-order valence-electron chi connectivity index (χ0n) is 42.0. The van der Waals surface area contributed by atoms with E-state index < -0.39 is 61.9 Å². The third kappa shape index (κ3) is 19.7. The van der Waals surface area contributed by atoms with Crippen LogP contribution < -0.4 is 20.7 Å². The highest BCUT2D eigenvalue weighted by atomic mass is 19.4. The van der Waals surface area contributed by atoms with Crippen LogP contribution in [0.4, 0.5) is 26.3 Å². The molecule has 5 aromatic carbocycles. The van der Waals surface area contributed by atoms with Crippen molar-refractivity contribution in [1.29, 1.82) is 0 Å². The lowest BCUT2D eigenvalue weighted by atomic mass is 10.0. The van der Waals surface area contributed by atoms with Crippen LogP contribution in [0, 0.1) is 0 Å². The average molecular weight is 1050 g/mol. The molecule has 0 fully saturated rings. The Bertz CT molecular complexity index is 2330. The highest BCUT2D eigenvalue weighted by molar-refractivity contribution is 5.86. The largest absolute Gasteiger partial charge is 0.497 e. The zero-order chi connectivity index (χ0) is 53.9. The lowest BCUT2D eigenvalue weighted by Gasteiger charge is -2.33. The molecule has 19 heteroatoms. The number of carbonyl (C=O) groups is 2. The number of amides is 1. The van der Waals surface area contributed by atoms with Crippen molar-refractivity contribution >= 4 is 11.9 Å². The molecule has 13 nitrogen and oxygen atoms in total. The third-order valence-electron chi connectivity index (χ3n) is 11.4. The van der Waals surface area contributed by atoms with Gasteiger partial charge in [0, 0.05) is 13.2 Å². The van der Waals surface area contributed by atoms with Crippen LogP contribution in [0.25, 0.3) is 0 Å². The van der Waals surface area contributed by atoms with Crippen LogP contribution in [0.15, 0.2) is 140 Å². The van der Waals surface area contributed by atoms with Crippen LogP contribution in [0.3, 0.4) is 0 Å². The first-order valence-corrected chi connectivity index (χ1v) is 23.8. The summed E-state index contributed by atoms with van der Waals surface area (Å²) in [5.41, 5.74) is -1.49. The first-order chi connectivity index (χ1) is 35.4. The summed E-state index contributed by atoms with van der Waals surface area (Å²) in [6, 6.07) is 40.0. The number of carbonyl (C=O) groups excluding carboxylic acids is 2. The predicted octanol–water partition coefficient (Wildman–Crippen LogP) is 10.6. The van der Waals surface area contributed by atoms with Crippen molar-refractivity contribution in [2.24, 2.45) is 5.84 Å². The highest BCUT2D eigenvalue weighted by Gasteiger charge is 2.64. The number of benzene rings is 5. The number of hydrogen-bond donors (Lipinski definition) is 2. The molecule has 5 aromatic rings. The van der Waals surface area contributed by atoms with Crippen LogP contribution in [-0.4, -0.2) is 88.3 Å². The summed E-state index contributed by atoms with van der Waals surface area (Å²) in [6.45, 7) is 1.25. The minimum absolute atomic E-state index is 0.0133. The number of nitrogens with one attached hydrogen (secondary N) is 1. The lowest BCUT2D eigenvalue weighted by Crippen LogP contribution is -2.62. The molecule has 5 rings (SSSR count). The van der Waals surface area contributed by atoms with Crippen molar-refractivity contribution in [2.45, 2.75) is 108 Å². The number of alkyl halides is 6. The van der Waals surface area contributed by atoms with E-state index in [9.17, 15) is 35.9 Å². The Balaban J connectivity index is 0.000000325. The number of hydrazine groups is 1. The molecule has 4 atom stereocenters. The molecule has 2 unspecified atom stereocenters. The van der Waals surface area contributed by atoms with Crippen molar-refractivity contribution < 1.29 is 78.6 Å². The number of esters is 1. The fourth-order valence-electron chi connectivity index (χ4n) is 6.89. The summed E-state index contributed by atoms with van der Waals surface area (Å²) >= 11 is 0. The molecule has 0 aliphatic carbocycles. The van der Waals surface area contributed by atoms with Crippen molar-refractivity contribution in [3.8, 4) is 11.5 Å². The Morgan fingerprint density at radius 2 is 0.851 bits per heavy atom. The predicted molar refractivity (Wildman–Crippen MR) is 263 cm³/mol. The van der Waals surface area contributed by atoms with Crippen molar-refractivity contribution in [1.82, 2.24) is 5.43 Å². The molecule has 0 saturated carbocycles. The molecule has 3 N–H and O–H groups in total. The Morgan fingerprint density at radius 3 is 1.22 bits per heavy atom. The van der Waals surface area contributed by atoms with Crippen LogP contribution >= 0.6 is 0 Å². The van der Waals surface area contributed by atoms with E-state index in [-0.39, 0.29) is 32.0 Å². The maximum Gasteiger partial charge on any atom is 0.430 e. The molecular weight excluding hydrogens is 979 g/mol. The van der Waals surface area contributed by atoms with Gasteiger partial charge in [-0.1, -0.05) is 115 Å². The second kappa shape index (κ2) is 31.0. The molecule has 0 aromatic heterocycles. The van der Waals surface area contributed by atoms with Gasteiger partial charge in [0.1, 0.15) is 18.1 Å². The summed E-state index contributed by atoms with van der Waals surface area (Å²) in [5, 5.41) is 0. The number of methoxy groups -OCH3 is 2. The molecule has 0 bridgehead atoms. The van der Waals surface area contributed by atoms with Gasteiger partial charge in [-0.05, 0) is 91.6 Å². The molecule has 0 aliphatic rings. The summed E-state index contributed by atoms with van der Waals surface area (Å²) in [7, 11) is 3.18. The fourth-order valence-corrected chi connectivity index (χ4v) is 6.89. The van der Waals surface area contributed by atoms with Crippen LogP contribution in [0.1, 0.15) is 67.3 Å². The molecular formula is C55H66F6N2O11. The van der Waals surface area contributed by atoms with Gasteiger partial charge >= 0.3 is 18.3 Å². The molecule has 0 spiro atoms. The molecule has 0 aliphatic heterocycles. The summed E-state index contributed by atoms with van der Waals surface area (Å²) in [6.07, 6.45) is -8.44. The van der Waals surface area contributed by atoms with Gasteiger partial charge in [-0.25, -0.2) is 10.6 Å². The summed E-state index contributed by atoms with van der Waals surface area (Å²) < 4.78 is 133. The first-order valence-electron chi connectivity index (χ1n) is 23.8. The van der Waals surface area contributed by atoms with E-state index in [1.807, 2.05) is 62.4 Å². The Labute approximate surface area is 428 Å². The fraction of sp³-hybridized carbons (Fsp3) is 0.418. The smallest absolute Gasteiger partial charge is 0.430 e. The van der Waals surface area contributed by atoms with E-state index in [4.69, 9.17) is 48.5 Å². The van der Waals surface area contributed by atoms with Crippen molar-refractivity contribution in [3.63, 3.8) is 0 Å². The van der Waals surface area contributed by atoms with E-state index in [1.54, 1.807) is 111 Å². The Morgan fingerprint density at radius 1 is 0.500 bits per heavy atom. The normalized spacial score (nSPS) is 14.0. The minimum Gasteiger partial charge on any atom is -0.497 e. The van der Waals surface area contributed by atoms with Crippen molar-refractivity contribution in [3.05, 3.63) is 167 Å². The number of halogens is 6. The number of nitrogens with two attached hydrogens (primary N) is 1. The molecule has 0 radical (unpaired) electrons. The standard InChI is InChI=1S/C31H35F3O6.C24H31F3N2O5/c1-24(38-20-27-15-17-28(36-2)18-16-27)10-9-19-37-23-30(31(32,33)34,40-22-26-13-7-4-8-14-26)29(35)39-21-25-11-5-3-6-12-25;1-18(33-15-20-10-12-21(31-2)13-11-20)7-6-14-32-17-23(22(30)29-28,24(25,26)27)34-16-19-8-4-3-5-9-19/h3-8,11-18,24H,9-10,19-23H2,1-2H3;3-5,8-13,18H,6-7,14-17,28H2,1-2H3,(H,29,30)/t24-,30?;18-,23?/m00/s1. The molecule has 1 amide bonds. The van der Waals surface area contributed by atoms with Gasteiger partial charge in [-0.3, -0.25) is 10.2 Å². The topological polar surface area (TPSA) is 155 Å². The van der Waals surface area contributed by atoms with E-state index >= 15 is 0 Å². The van der Waals surface area contributed by atoms with E-state index in [1.165, 1.54) is 0 Å². The third-order valence-corrected chi connectivity index (χ3v) is 11.4. The van der Waals surface area contributed by atoms with E-state index in [2.05, 4.69) is 0 Å². The number of ether oxygens (including phenoxy) is 9. The monoisotopic (exact) mass is 1040 g/mol. The number of hydrogen-bond acceptors (Lipinski definition) is 12. The lowest BCUT2D eigenvalue weighted by molar-refractivity contribution is -0.293. The Hall–Kier alpha value is -6.06. The first kappa shape index (κ1) is 60.5. The van der Waals surface area contributed by atoms with Crippen LogP contribution in [0.5, 0.6) is 11.5 Å². The van der Waals surface area contributed by atoms with Gasteiger partial charge in [0.25, 0.3) is 17.1 Å². The molecule has 74 heavy (non-hydrogen) atoms. The minimum atomic E-state index is -5.08. The quantitative estimate of drug-likeness (QED) is 0.0112. The van der Waals surface area contributed by atoms with Gasteiger partial charge in [0.15, 0.2) is 0 Å². The van der Waals surface area contributed by atoms with Crippen molar-refractivity contribution in [2.75, 3.05) is 40.6 Å². The molecule has 404 valence electrons. The van der Waals surface area contributed by atoms with Gasteiger partial charge in [-0.2, -0.15) is 26.3 Å². The average Bonchev–Trinajstić information content (AvgIpc) is 3.41. The molecule has 0 heterocycles. The van der Waals surface area contributed by atoms with Gasteiger partial charge in [0.2, 0.25) is 0 Å². The maximum atomic E-state index is 14.5. The molecule has 0 saturated heterocycles. The number of rotatable bonds is 30. The van der Waals surface area contributed by atoms with Crippen LogP contribution in [-0.2, 0) is 75.8 Å². The maximum absolute atomic E-state index is 14.5. The second-order valence-corrected chi connectivity index (χ2v) is 17.1. The summed E-state index contributed by atoms with van der Waals surface area (Å²) in [4.78, 5) is 25.1. The highest BCUT2D eigenvalue weighted by Crippen LogP contribution is 2.38. The SMILES string of the molecule is COc1ccc(CO[C@@H](C)CCCOCC(OCc2ccccc2)(C(=O)NN)C(F)(F)F)cc1.COc1ccc(CO[C@@H](C)CCCOCC(OCc2ccccc2)(C(=O)OCc2ccccc2)C(F)(F)F)cc1. The van der Waals surface area contributed by atoms with Gasteiger partial charge in [-0.15, -0.1) is 0 Å². The van der Waals surface area contributed by atoms with E-state index in [0.29, 0.717) is 55.6 Å². The van der Waals surface area contributed by atoms with Gasteiger partial charge < -0.3 is 42.6 Å². The van der Waals surface area contributed by atoms with Gasteiger partial charge in [0.05, 0.1) is 66.1 Å². The van der Waals surface area contributed by atoms with E-state index in [0.717, 1.165) is 22.6 Å². The zero-order valence-corrected chi connectivity index (χ0v) is 42.0. The summed E-state index contributed by atoms with van der Waals surface area (Å²) in [5.74, 6) is 3.47. The second-order valence-electron chi connectivity index (χ2n) is 17.1. The van der Waals surface area contributed by atoms with Crippen LogP contribution in [0.2, 0.25) is 0 Å². The Kier molecular flexibility index (Phi) is 25.3.